The summed E-state index contributed by atoms with van der Waals surface area (Å²) in [6, 6.07) is 2.11. The van der Waals surface area contributed by atoms with Crippen molar-refractivity contribution >= 4 is 0 Å². The number of imidazole rings is 1. The summed E-state index contributed by atoms with van der Waals surface area (Å²) in [6.07, 6.45) is 4.68. The predicted molar refractivity (Wildman–Crippen MR) is 66.6 cm³/mol. The maximum Gasteiger partial charge on any atom is 0.120 e. The van der Waals surface area contributed by atoms with Crippen LogP contribution in [0.2, 0.25) is 0 Å². The highest BCUT2D eigenvalue weighted by Crippen LogP contribution is 2.02. The smallest absolute Gasteiger partial charge is 0.120 e. The lowest BCUT2D eigenvalue weighted by molar-refractivity contribution is 0.528. The fourth-order valence-electron chi connectivity index (χ4n) is 1.86. The molecule has 0 bridgehead atoms. The first-order chi connectivity index (χ1) is 8.25. The summed E-state index contributed by atoms with van der Waals surface area (Å²) >= 11 is 0. The number of hydrogen-bond donors (Lipinski definition) is 2. The van der Waals surface area contributed by atoms with Gasteiger partial charge in [0.2, 0.25) is 0 Å². The molecule has 2 heterocycles. The van der Waals surface area contributed by atoms with Crippen molar-refractivity contribution in [2.24, 2.45) is 0 Å². The lowest BCUT2D eigenvalue weighted by Crippen LogP contribution is -2.17. The molecular formula is C12H19N5. The highest BCUT2D eigenvalue weighted by Gasteiger charge is 2.00. The largest absolute Gasteiger partial charge is 0.348 e. The van der Waals surface area contributed by atoms with E-state index in [1.165, 1.54) is 5.69 Å². The first-order valence-corrected chi connectivity index (χ1v) is 5.96. The van der Waals surface area contributed by atoms with Crippen LogP contribution in [-0.4, -0.2) is 26.3 Å². The monoisotopic (exact) mass is 233 g/mol. The van der Waals surface area contributed by atoms with Crippen LogP contribution in [0.1, 0.15) is 23.6 Å². The summed E-state index contributed by atoms with van der Waals surface area (Å²) < 4.78 is 2.06. The van der Waals surface area contributed by atoms with Crippen LogP contribution in [-0.2, 0) is 13.1 Å². The molecule has 0 aliphatic carbocycles. The molecule has 2 N–H and O–H groups in total. The van der Waals surface area contributed by atoms with Crippen LogP contribution in [0.3, 0.4) is 0 Å². The summed E-state index contributed by atoms with van der Waals surface area (Å²) in [6.45, 7) is 6.85. The molecular weight excluding hydrogens is 214 g/mol. The van der Waals surface area contributed by atoms with Crippen molar-refractivity contribution in [1.29, 1.82) is 0 Å². The van der Waals surface area contributed by atoms with E-state index in [0.717, 1.165) is 37.6 Å². The fraction of sp³-hybridized carbons (Fsp3) is 0.500. The van der Waals surface area contributed by atoms with E-state index in [1.807, 2.05) is 13.1 Å². The van der Waals surface area contributed by atoms with Crippen LogP contribution < -0.4 is 5.32 Å². The van der Waals surface area contributed by atoms with Gasteiger partial charge in [-0.15, -0.1) is 0 Å². The highest BCUT2D eigenvalue weighted by atomic mass is 15.3. The second kappa shape index (κ2) is 5.63. The van der Waals surface area contributed by atoms with E-state index in [1.54, 1.807) is 6.20 Å². The van der Waals surface area contributed by atoms with E-state index in [9.17, 15) is 0 Å². The van der Waals surface area contributed by atoms with Crippen LogP contribution in [0, 0.1) is 13.8 Å². The summed E-state index contributed by atoms with van der Waals surface area (Å²) in [5.74, 6) is 0.983. The Morgan fingerprint density at radius 1 is 1.41 bits per heavy atom. The van der Waals surface area contributed by atoms with Crippen molar-refractivity contribution in [3.63, 3.8) is 0 Å². The number of rotatable bonds is 6. The van der Waals surface area contributed by atoms with Crippen molar-refractivity contribution in [2.75, 3.05) is 6.54 Å². The molecule has 0 radical (unpaired) electrons. The molecule has 2 aromatic heterocycles. The molecule has 17 heavy (non-hydrogen) atoms. The average molecular weight is 233 g/mol. The van der Waals surface area contributed by atoms with Crippen LogP contribution in [0.25, 0.3) is 0 Å². The zero-order valence-corrected chi connectivity index (χ0v) is 10.4. The molecule has 0 amide bonds. The molecule has 0 saturated heterocycles. The van der Waals surface area contributed by atoms with Gasteiger partial charge < -0.3 is 10.3 Å². The molecule has 2 rings (SSSR count). The molecule has 0 atom stereocenters. The van der Waals surface area contributed by atoms with Crippen molar-refractivity contribution in [2.45, 2.75) is 33.4 Å². The van der Waals surface area contributed by atoms with E-state index in [2.05, 4.69) is 38.1 Å². The predicted octanol–water partition coefficient (Wildman–Crippen LogP) is 1.40. The third kappa shape index (κ3) is 3.42. The van der Waals surface area contributed by atoms with Crippen LogP contribution in [0.15, 0.2) is 18.5 Å². The topological polar surface area (TPSA) is 58.5 Å². The quantitative estimate of drug-likeness (QED) is 0.742. The Hall–Kier alpha value is -1.62. The van der Waals surface area contributed by atoms with Gasteiger partial charge in [-0.2, -0.15) is 5.10 Å². The van der Waals surface area contributed by atoms with E-state index in [-0.39, 0.29) is 0 Å². The molecule has 5 nitrogen and oxygen atoms in total. The van der Waals surface area contributed by atoms with Crippen LogP contribution >= 0.6 is 0 Å². The first kappa shape index (κ1) is 11.9. The fourth-order valence-corrected chi connectivity index (χ4v) is 1.86. The molecule has 0 aliphatic rings. The molecule has 2 aromatic rings. The summed E-state index contributed by atoms with van der Waals surface area (Å²) in [5.41, 5.74) is 2.32. The Balaban J connectivity index is 1.65. The minimum Gasteiger partial charge on any atom is -0.348 e. The van der Waals surface area contributed by atoms with Gasteiger partial charge in [-0.05, 0) is 32.9 Å². The van der Waals surface area contributed by atoms with Gasteiger partial charge in [0.1, 0.15) is 5.82 Å². The van der Waals surface area contributed by atoms with E-state index in [4.69, 9.17) is 0 Å². The highest BCUT2D eigenvalue weighted by molar-refractivity contribution is 5.06. The summed E-state index contributed by atoms with van der Waals surface area (Å²) in [7, 11) is 0. The van der Waals surface area contributed by atoms with Gasteiger partial charge in [0.25, 0.3) is 0 Å². The van der Waals surface area contributed by atoms with E-state index >= 15 is 0 Å². The molecule has 0 aromatic carbocycles. The van der Waals surface area contributed by atoms with Crippen molar-refractivity contribution in [1.82, 2.24) is 25.1 Å². The van der Waals surface area contributed by atoms with Crippen molar-refractivity contribution in [3.05, 3.63) is 35.7 Å². The lowest BCUT2D eigenvalue weighted by atomic mass is 10.4. The van der Waals surface area contributed by atoms with Gasteiger partial charge in [-0.25, -0.2) is 4.98 Å². The van der Waals surface area contributed by atoms with E-state index in [0.29, 0.717) is 0 Å². The molecule has 0 saturated carbocycles. The van der Waals surface area contributed by atoms with Gasteiger partial charge in [0.15, 0.2) is 0 Å². The number of aromatic amines is 1. The number of nitrogens with zero attached hydrogens (tertiary/aromatic N) is 3. The van der Waals surface area contributed by atoms with Gasteiger partial charge in [-0.3, -0.25) is 4.68 Å². The number of nitrogens with one attached hydrogen (secondary N) is 2. The lowest BCUT2D eigenvalue weighted by Gasteiger charge is -2.05. The SMILES string of the molecule is Cc1cc(C)n(CCCNCc2ncc[nH]2)n1. The van der Waals surface area contributed by atoms with Gasteiger partial charge in [0.05, 0.1) is 12.2 Å². The Bertz CT molecular complexity index is 443. The Kier molecular flexibility index (Phi) is 3.93. The first-order valence-electron chi connectivity index (χ1n) is 5.96. The number of aryl methyl sites for hydroxylation is 3. The molecule has 92 valence electrons. The average Bonchev–Trinajstić information content (AvgIpc) is 2.89. The number of hydrogen-bond acceptors (Lipinski definition) is 3. The zero-order valence-electron chi connectivity index (χ0n) is 10.4. The zero-order chi connectivity index (χ0) is 12.1. The van der Waals surface area contributed by atoms with Crippen LogP contribution in [0.5, 0.6) is 0 Å². The Morgan fingerprint density at radius 3 is 2.94 bits per heavy atom. The van der Waals surface area contributed by atoms with Gasteiger partial charge in [0, 0.05) is 24.6 Å². The minimum atomic E-state index is 0.796. The van der Waals surface area contributed by atoms with Crippen molar-refractivity contribution < 1.29 is 0 Å². The maximum absolute atomic E-state index is 4.43. The number of aromatic nitrogens is 4. The molecule has 5 heteroatoms. The molecule has 0 spiro atoms. The standard InChI is InChI=1S/C12H19N5/c1-10-8-11(2)17(16-10)7-3-4-13-9-12-14-5-6-15-12/h5-6,8,13H,3-4,7,9H2,1-2H3,(H,14,15). The summed E-state index contributed by atoms with van der Waals surface area (Å²) in [5, 5.41) is 7.78. The minimum absolute atomic E-state index is 0.796. The Labute approximate surface area is 101 Å². The van der Waals surface area contributed by atoms with E-state index < -0.39 is 0 Å². The van der Waals surface area contributed by atoms with Gasteiger partial charge >= 0.3 is 0 Å². The molecule has 0 unspecified atom stereocenters. The molecule has 0 aliphatic heterocycles. The third-order valence-corrected chi connectivity index (χ3v) is 2.67. The van der Waals surface area contributed by atoms with Crippen LogP contribution in [0.4, 0.5) is 0 Å². The summed E-state index contributed by atoms with van der Waals surface area (Å²) in [4.78, 5) is 7.22. The Morgan fingerprint density at radius 2 is 2.29 bits per heavy atom. The molecule has 0 fully saturated rings. The maximum atomic E-state index is 4.43. The van der Waals surface area contributed by atoms with Crippen molar-refractivity contribution in [3.8, 4) is 0 Å². The number of H-pyrrole nitrogens is 1. The second-order valence-corrected chi connectivity index (χ2v) is 4.22. The second-order valence-electron chi connectivity index (χ2n) is 4.22. The normalized spacial score (nSPS) is 10.9. The third-order valence-electron chi connectivity index (χ3n) is 2.67. The van der Waals surface area contributed by atoms with Gasteiger partial charge in [-0.1, -0.05) is 0 Å².